The zero-order chi connectivity index (χ0) is 13.6. The van der Waals surface area contributed by atoms with E-state index in [0.717, 1.165) is 28.7 Å². The number of benzene rings is 1. The van der Waals surface area contributed by atoms with E-state index in [0.29, 0.717) is 6.54 Å². The summed E-state index contributed by atoms with van der Waals surface area (Å²) in [4.78, 5) is 17.9. The van der Waals surface area contributed by atoms with E-state index in [4.69, 9.17) is 0 Å². The molecule has 98 valence electrons. The maximum absolute atomic E-state index is 11.4. The smallest absolute Gasteiger partial charge is 0.328 e. The Bertz CT molecular complexity index is 664. The summed E-state index contributed by atoms with van der Waals surface area (Å²) < 4.78 is 0. The van der Waals surface area contributed by atoms with Gasteiger partial charge in [0.2, 0.25) is 0 Å². The van der Waals surface area contributed by atoms with Crippen LogP contribution in [0.2, 0.25) is 0 Å². The fraction of sp³-hybridized carbons (Fsp3) is 0.333. The lowest BCUT2D eigenvalue weighted by molar-refractivity contribution is -0.142. The van der Waals surface area contributed by atoms with Crippen molar-refractivity contribution in [1.29, 1.82) is 0 Å². The molecule has 0 bridgehead atoms. The number of pyridine rings is 1. The number of carboxylic acids is 1. The quantitative estimate of drug-likeness (QED) is 0.896. The molecule has 4 nitrogen and oxygen atoms in total. The Hall–Kier alpha value is -2.10. The average molecular weight is 256 g/mol. The second kappa shape index (κ2) is 3.95. The van der Waals surface area contributed by atoms with Gasteiger partial charge in [0.25, 0.3) is 0 Å². The second-order valence-corrected chi connectivity index (χ2v) is 5.43. The van der Waals surface area contributed by atoms with E-state index in [9.17, 15) is 9.90 Å². The van der Waals surface area contributed by atoms with Crippen molar-refractivity contribution in [3.8, 4) is 0 Å². The number of carbonyl (C=O) groups is 1. The first kappa shape index (κ1) is 12.0. The molecule has 1 aliphatic rings. The van der Waals surface area contributed by atoms with Gasteiger partial charge in [-0.2, -0.15) is 0 Å². The van der Waals surface area contributed by atoms with Crippen LogP contribution >= 0.6 is 0 Å². The lowest BCUT2D eigenvalue weighted by Crippen LogP contribution is -2.49. The van der Waals surface area contributed by atoms with Crippen molar-refractivity contribution in [2.75, 3.05) is 11.4 Å². The Balaban J connectivity index is 2.14. The van der Waals surface area contributed by atoms with E-state index >= 15 is 0 Å². The highest BCUT2D eigenvalue weighted by atomic mass is 16.4. The fourth-order valence-electron chi connectivity index (χ4n) is 2.57. The fourth-order valence-corrected chi connectivity index (χ4v) is 2.57. The molecule has 4 heteroatoms. The van der Waals surface area contributed by atoms with Crippen molar-refractivity contribution in [3.63, 3.8) is 0 Å². The predicted octanol–water partition coefficient (Wildman–Crippen LogP) is 2.46. The summed E-state index contributed by atoms with van der Waals surface area (Å²) in [6.07, 6.45) is 0.851. The predicted molar refractivity (Wildman–Crippen MR) is 74.5 cm³/mol. The SMILES string of the molecule is CC(C)(C(=O)O)N1CCc2cc3ccccc3nc21. The van der Waals surface area contributed by atoms with Crippen LogP contribution in [0.25, 0.3) is 10.9 Å². The molecule has 0 amide bonds. The molecule has 2 heterocycles. The molecule has 1 aliphatic heterocycles. The lowest BCUT2D eigenvalue weighted by Gasteiger charge is -2.33. The average Bonchev–Trinajstić information content (AvgIpc) is 2.79. The number of nitrogens with zero attached hydrogens (tertiary/aromatic N) is 2. The third kappa shape index (κ3) is 1.75. The van der Waals surface area contributed by atoms with E-state index in [1.165, 1.54) is 0 Å². The summed E-state index contributed by atoms with van der Waals surface area (Å²) in [5, 5.41) is 10.5. The van der Waals surface area contributed by atoms with E-state index in [1.807, 2.05) is 29.2 Å². The van der Waals surface area contributed by atoms with Crippen LogP contribution in [0.5, 0.6) is 0 Å². The molecular weight excluding hydrogens is 240 g/mol. The standard InChI is InChI=1S/C15H16N2O2/c1-15(2,14(18)19)17-8-7-11-9-10-5-3-4-6-12(10)16-13(11)17/h3-6,9H,7-8H2,1-2H3,(H,18,19). The van der Waals surface area contributed by atoms with Gasteiger partial charge in [-0.15, -0.1) is 0 Å². The number of para-hydroxylation sites is 1. The molecule has 0 fully saturated rings. The Morgan fingerprint density at radius 1 is 1.37 bits per heavy atom. The molecule has 0 aliphatic carbocycles. The van der Waals surface area contributed by atoms with Gasteiger partial charge in [0.05, 0.1) is 5.52 Å². The molecule has 1 aromatic heterocycles. The first-order chi connectivity index (χ1) is 9.00. The summed E-state index contributed by atoms with van der Waals surface area (Å²) in [6, 6.07) is 10.1. The Morgan fingerprint density at radius 3 is 2.84 bits per heavy atom. The minimum Gasteiger partial charge on any atom is -0.480 e. The molecule has 0 atom stereocenters. The van der Waals surface area contributed by atoms with Gasteiger partial charge in [0, 0.05) is 11.9 Å². The number of carboxylic acid groups (broad SMARTS) is 1. The zero-order valence-electron chi connectivity index (χ0n) is 11.1. The van der Waals surface area contributed by atoms with Crippen LogP contribution in [-0.2, 0) is 11.2 Å². The molecule has 0 spiro atoms. The van der Waals surface area contributed by atoms with E-state index < -0.39 is 11.5 Å². The van der Waals surface area contributed by atoms with E-state index in [1.54, 1.807) is 13.8 Å². The Labute approximate surface area is 111 Å². The van der Waals surface area contributed by atoms with Crippen LogP contribution < -0.4 is 4.90 Å². The monoisotopic (exact) mass is 256 g/mol. The van der Waals surface area contributed by atoms with E-state index in [-0.39, 0.29) is 0 Å². The van der Waals surface area contributed by atoms with Crippen LogP contribution in [0, 0.1) is 0 Å². The highest BCUT2D eigenvalue weighted by Gasteiger charge is 2.39. The third-order valence-electron chi connectivity index (χ3n) is 3.84. The number of rotatable bonds is 2. The van der Waals surface area contributed by atoms with Gasteiger partial charge in [-0.3, -0.25) is 0 Å². The normalized spacial score (nSPS) is 14.7. The summed E-state index contributed by atoms with van der Waals surface area (Å²) in [6.45, 7) is 4.15. The summed E-state index contributed by atoms with van der Waals surface area (Å²) >= 11 is 0. The molecule has 1 aromatic carbocycles. The maximum Gasteiger partial charge on any atom is 0.328 e. The van der Waals surface area contributed by atoms with Crippen molar-refractivity contribution in [2.45, 2.75) is 25.8 Å². The van der Waals surface area contributed by atoms with Crippen LogP contribution in [0.3, 0.4) is 0 Å². The summed E-state index contributed by atoms with van der Waals surface area (Å²) in [5.74, 6) is -0.0126. The first-order valence-corrected chi connectivity index (χ1v) is 6.40. The second-order valence-electron chi connectivity index (χ2n) is 5.43. The van der Waals surface area contributed by atoms with Crippen molar-refractivity contribution in [1.82, 2.24) is 4.98 Å². The first-order valence-electron chi connectivity index (χ1n) is 6.40. The van der Waals surface area contributed by atoms with Gasteiger partial charge in [-0.1, -0.05) is 18.2 Å². The number of aromatic nitrogens is 1. The third-order valence-corrected chi connectivity index (χ3v) is 3.84. The minimum atomic E-state index is -0.930. The molecule has 0 radical (unpaired) electrons. The molecule has 0 saturated carbocycles. The van der Waals surface area contributed by atoms with E-state index in [2.05, 4.69) is 11.1 Å². The molecular formula is C15H16N2O2. The molecule has 3 rings (SSSR count). The van der Waals surface area contributed by atoms with Gasteiger partial charge in [-0.05, 0) is 38.0 Å². The summed E-state index contributed by atoms with van der Waals surface area (Å²) in [5.41, 5.74) is 1.11. The van der Waals surface area contributed by atoms with Gasteiger partial charge < -0.3 is 10.0 Å². The van der Waals surface area contributed by atoms with Crippen LogP contribution in [0.4, 0.5) is 5.82 Å². The van der Waals surface area contributed by atoms with Crippen molar-refractivity contribution < 1.29 is 9.90 Å². The van der Waals surface area contributed by atoms with Crippen molar-refractivity contribution in [3.05, 3.63) is 35.9 Å². The number of hydrogen-bond donors (Lipinski definition) is 1. The largest absolute Gasteiger partial charge is 0.480 e. The van der Waals surface area contributed by atoms with Crippen molar-refractivity contribution >= 4 is 22.7 Å². The molecule has 2 aromatic rings. The number of fused-ring (bicyclic) bond motifs is 2. The number of aliphatic carboxylic acids is 1. The Morgan fingerprint density at radius 2 is 2.11 bits per heavy atom. The van der Waals surface area contributed by atoms with Crippen LogP contribution in [0.15, 0.2) is 30.3 Å². The molecule has 1 N–H and O–H groups in total. The molecule has 0 unspecified atom stereocenters. The highest BCUT2D eigenvalue weighted by molar-refractivity contribution is 5.86. The van der Waals surface area contributed by atoms with Crippen LogP contribution in [-0.4, -0.2) is 28.1 Å². The Kier molecular flexibility index (Phi) is 2.49. The van der Waals surface area contributed by atoms with Gasteiger partial charge >= 0.3 is 5.97 Å². The van der Waals surface area contributed by atoms with Gasteiger partial charge in [-0.25, -0.2) is 9.78 Å². The van der Waals surface area contributed by atoms with Crippen LogP contribution in [0.1, 0.15) is 19.4 Å². The highest BCUT2D eigenvalue weighted by Crippen LogP contribution is 2.34. The topological polar surface area (TPSA) is 53.4 Å². The minimum absolute atomic E-state index is 0.706. The zero-order valence-corrected chi connectivity index (χ0v) is 11.1. The number of hydrogen-bond acceptors (Lipinski definition) is 3. The molecule has 19 heavy (non-hydrogen) atoms. The summed E-state index contributed by atoms with van der Waals surface area (Å²) in [7, 11) is 0. The van der Waals surface area contributed by atoms with Gasteiger partial charge in [0.1, 0.15) is 11.4 Å². The van der Waals surface area contributed by atoms with Crippen molar-refractivity contribution in [2.24, 2.45) is 0 Å². The maximum atomic E-state index is 11.4. The van der Waals surface area contributed by atoms with Gasteiger partial charge in [0.15, 0.2) is 0 Å². The lowest BCUT2D eigenvalue weighted by atomic mass is 10.0. The number of anilines is 1. The molecule has 0 saturated heterocycles.